The van der Waals surface area contributed by atoms with Crippen LogP contribution in [-0.2, 0) is 9.53 Å². The maximum absolute atomic E-state index is 12.8. The molecule has 0 aromatic carbocycles. The zero-order valence-corrected chi connectivity index (χ0v) is 19.8. The summed E-state index contributed by atoms with van der Waals surface area (Å²) in [5.41, 5.74) is 0.0587. The highest BCUT2D eigenvalue weighted by molar-refractivity contribution is 5.85. The van der Waals surface area contributed by atoms with Crippen LogP contribution in [0.15, 0.2) is 0 Å². The van der Waals surface area contributed by atoms with Crippen molar-refractivity contribution < 1.29 is 9.53 Å². The van der Waals surface area contributed by atoms with Crippen molar-refractivity contribution in [2.75, 3.05) is 26.2 Å². The van der Waals surface area contributed by atoms with Crippen LogP contribution >= 0.6 is 24.8 Å². The van der Waals surface area contributed by atoms with Crippen LogP contribution in [0, 0.1) is 5.92 Å². The maximum Gasteiger partial charge on any atom is 0.220 e. The number of ether oxygens (including phenoxy) is 1. The summed E-state index contributed by atoms with van der Waals surface area (Å²) in [6, 6.07) is 1.34. The van der Waals surface area contributed by atoms with Crippen molar-refractivity contribution in [3.8, 4) is 0 Å². The molecule has 5 nitrogen and oxygen atoms in total. The van der Waals surface area contributed by atoms with Crippen molar-refractivity contribution in [3.63, 3.8) is 0 Å². The lowest BCUT2D eigenvalue weighted by atomic mass is 9.79. The maximum atomic E-state index is 12.8. The minimum absolute atomic E-state index is 0. The van der Waals surface area contributed by atoms with Crippen molar-refractivity contribution in [1.82, 2.24) is 15.5 Å². The van der Waals surface area contributed by atoms with Gasteiger partial charge in [-0.2, -0.15) is 0 Å². The lowest BCUT2D eigenvalue weighted by Crippen LogP contribution is -2.63. The molecule has 2 bridgehead atoms. The van der Waals surface area contributed by atoms with Crippen molar-refractivity contribution in [3.05, 3.63) is 0 Å². The average Bonchev–Trinajstić information content (AvgIpc) is 2.98. The van der Waals surface area contributed by atoms with E-state index in [4.69, 9.17) is 4.74 Å². The SMILES string of the molecule is CC1(C)CN(C2(CNC(=O)CC3CC4CCC(C3)N4)CCCCC2)CCO1.Cl.Cl. The van der Waals surface area contributed by atoms with Gasteiger partial charge in [-0.05, 0) is 58.3 Å². The molecule has 0 radical (unpaired) electrons. The Kier molecular flexibility index (Phi) is 9.12. The molecule has 0 aromatic rings. The van der Waals surface area contributed by atoms with E-state index in [0.717, 1.165) is 32.7 Å². The molecule has 4 fully saturated rings. The second-order valence-corrected chi connectivity index (χ2v) is 10.3. The number of piperidine rings is 1. The van der Waals surface area contributed by atoms with E-state index in [1.54, 1.807) is 0 Å². The minimum atomic E-state index is -0.0823. The molecule has 170 valence electrons. The van der Waals surface area contributed by atoms with Gasteiger partial charge in [0.1, 0.15) is 0 Å². The predicted octanol–water partition coefficient (Wildman–Crippen LogP) is 3.68. The number of morpholine rings is 1. The van der Waals surface area contributed by atoms with Gasteiger partial charge in [-0.15, -0.1) is 24.8 Å². The van der Waals surface area contributed by atoms with E-state index in [2.05, 4.69) is 29.4 Å². The third-order valence-corrected chi connectivity index (χ3v) is 7.54. The Bertz CT molecular complexity index is 528. The van der Waals surface area contributed by atoms with Crippen molar-refractivity contribution in [2.24, 2.45) is 5.92 Å². The molecule has 0 aromatic heterocycles. The number of nitrogens with zero attached hydrogens (tertiary/aromatic N) is 1. The lowest BCUT2D eigenvalue weighted by Gasteiger charge is -2.51. The number of nitrogens with one attached hydrogen (secondary N) is 2. The summed E-state index contributed by atoms with van der Waals surface area (Å²) in [6.07, 6.45) is 12.0. The number of hydrogen-bond donors (Lipinski definition) is 2. The van der Waals surface area contributed by atoms with Gasteiger partial charge in [0, 0.05) is 43.7 Å². The van der Waals surface area contributed by atoms with Crippen molar-refractivity contribution in [1.29, 1.82) is 0 Å². The van der Waals surface area contributed by atoms with Gasteiger partial charge in [0.25, 0.3) is 0 Å². The Hall–Kier alpha value is -0.0700. The summed E-state index contributed by atoms with van der Waals surface area (Å²) < 4.78 is 5.95. The Balaban J connectivity index is 0.00000150. The zero-order chi connectivity index (χ0) is 18.9. The molecule has 1 saturated carbocycles. The van der Waals surface area contributed by atoms with E-state index in [1.165, 1.54) is 57.8 Å². The van der Waals surface area contributed by atoms with E-state index in [9.17, 15) is 4.79 Å². The molecule has 2 N–H and O–H groups in total. The van der Waals surface area contributed by atoms with Crippen molar-refractivity contribution in [2.45, 2.75) is 101 Å². The minimum Gasteiger partial charge on any atom is -0.373 e. The summed E-state index contributed by atoms with van der Waals surface area (Å²) in [7, 11) is 0. The van der Waals surface area contributed by atoms with E-state index < -0.39 is 0 Å². The van der Waals surface area contributed by atoms with Gasteiger partial charge in [-0.25, -0.2) is 0 Å². The third-order valence-electron chi connectivity index (χ3n) is 7.54. The first-order chi connectivity index (χ1) is 12.9. The molecule has 1 amide bonds. The number of carbonyl (C=O) groups is 1. The third kappa shape index (κ3) is 6.22. The molecule has 0 spiro atoms. The van der Waals surface area contributed by atoms with Crippen LogP contribution in [0.5, 0.6) is 0 Å². The first kappa shape index (κ1) is 25.2. The van der Waals surface area contributed by atoms with Gasteiger partial charge >= 0.3 is 0 Å². The molecule has 7 heteroatoms. The standard InChI is InChI=1S/C22H39N3O2.2ClH/c1-21(2)16-25(10-11-27-21)22(8-4-3-5-9-22)15-23-20(26)14-17-12-18-6-7-19(13-17)24-18;;/h17-19,24H,3-16H2,1-2H3,(H,23,26);2*1H. The van der Waals surface area contributed by atoms with Crippen LogP contribution in [0.4, 0.5) is 0 Å². The summed E-state index contributed by atoms with van der Waals surface area (Å²) in [5, 5.41) is 7.06. The fourth-order valence-electron chi connectivity index (χ4n) is 6.18. The number of hydrogen-bond acceptors (Lipinski definition) is 4. The van der Waals surface area contributed by atoms with Crippen LogP contribution in [0.3, 0.4) is 0 Å². The highest BCUT2D eigenvalue weighted by atomic mass is 35.5. The van der Waals surface area contributed by atoms with Gasteiger partial charge in [-0.3, -0.25) is 9.69 Å². The largest absolute Gasteiger partial charge is 0.373 e. The van der Waals surface area contributed by atoms with E-state index in [0.29, 0.717) is 18.0 Å². The van der Waals surface area contributed by atoms with Crippen LogP contribution in [-0.4, -0.2) is 60.3 Å². The number of carbonyl (C=O) groups excluding carboxylic acids is 1. The summed E-state index contributed by atoms with van der Waals surface area (Å²) in [4.78, 5) is 15.4. The topological polar surface area (TPSA) is 53.6 Å². The van der Waals surface area contributed by atoms with E-state index in [-0.39, 0.29) is 41.9 Å². The monoisotopic (exact) mass is 449 g/mol. The quantitative estimate of drug-likeness (QED) is 0.671. The average molecular weight is 450 g/mol. The lowest BCUT2D eigenvalue weighted by molar-refractivity contribution is -0.129. The van der Waals surface area contributed by atoms with Crippen LogP contribution in [0.1, 0.15) is 78.1 Å². The van der Waals surface area contributed by atoms with Gasteiger partial charge in [0.2, 0.25) is 5.91 Å². The Labute approximate surface area is 189 Å². The Morgan fingerprint density at radius 2 is 1.76 bits per heavy atom. The number of fused-ring (bicyclic) bond motifs is 2. The van der Waals surface area contributed by atoms with Gasteiger partial charge in [-0.1, -0.05) is 19.3 Å². The second kappa shape index (κ2) is 10.5. The molecule has 4 aliphatic rings. The van der Waals surface area contributed by atoms with Crippen LogP contribution in [0.2, 0.25) is 0 Å². The molecule has 3 heterocycles. The van der Waals surface area contributed by atoms with Gasteiger partial charge < -0.3 is 15.4 Å². The normalized spacial score (nSPS) is 33.2. The molecule has 2 atom stereocenters. The fourth-order valence-corrected chi connectivity index (χ4v) is 6.18. The summed E-state index contributed by atoms with van der Waals surface area (Å²) in [5.74, 6) is 0.854. The molecule has 29 heavy (non-hydrogen) atoms. The van der Waals surface area contributed by atoms with Crippen LogP contribution in [0.25, 0.3) is 0 Å². The number of rotatable bonds is 5. The molecule has 4 rings (SSSR count). The fraction of sp³-hybridized carbons (Fsp3) is 0.955. The summed E-state index contributed by atoms with van der Waals surface area (Å²) in [6.45, 7) is 7.98. The summed E-state index contributed by atoms with van der Waals surface area (Å²) >= 11 is 0. The highest BCUT2D eigenvalue weighted by Crippen LogP contribution is 2.36. The number of halogens is 2. The Morgan fingerprint density at radius 3 is 2.38 bits per heavy atom. The van der Waals surface area contributed by atoms with E-state index >= 15 is 0 Å². The van der Waals surface area contributed by atoms with Crippen molar-refractivity contribution >= 4 is 30.7 Å². The Morgan fingerprint density at radius 1 is 1.10 bits per heavy atom. The predicted molar refractivity (Wildman–Crippen MR) is 122 cm³/mol. The smallest absolute Gasteiger partial charge is 0.220 e. The highest BCUT2D eigenvalue weighted by Gasteiger charge is 2.42. The first-order valence-corrected chi connectivity index (χ1v) is 11.4. The first-order valence-electron chi connectivity index (χ1n) is 11.4. The molecular formula is C22H41Cl2N3O2. The van der Waals surface area contributed by atoms with Gasteiger partial charge in [0.15, 0.2) is 0 Å². The molecule has 2 unspecified atom stereocenters. The van der Waals surface area contributed by atoms with Crippen LogP contribution < -0.4 is 10.6 Å². The number of amides is 1. The molecule has 3 aliphatic heterocycles. The second-order valence-electron chi connectivity index (χ2n) is 10.3. The molecular weight excluding hydrogens is 409 g/mol. The van der Waals surface area contributed by atoms with Gasteiger partial charge in [0.05, 0.1) is 12.2 Å². The molecule has 3 saturated heterocycles. The van der Waals surface area contributed by atoms with E-state index in [1.807, 2.05) is 0 Å². The zero-order valence-electron chi connectivity index (χ0n) is 18.2. The molecule has 1 aliphatic carbocycles.